The van der Waals surface area contributed by atoms with Gasteiger partial charge in [0.2, 0.25) is 5.91 Å². The first-order valence-corrected chi connectivity index (χ1v) is 5.16. The molecular formula is C7H7BrN2O3S. The molecule has 5 nitrogen and oxygen atoms in total. The van der Waals surface area contributed by atoms with Crippen LogP contribution in [0.3, 0.4) is 0 Å². The van der Waals surface area contributed by atoms with Gasteiger partial charge in [-0.15, -0.1) is 11.3 Å². The van der Waals surface area contributed by atoms with Gasteiger partial charge in [-0.2, -0.15) is 0 Å². The number of primary amides is 1. The Bertz CT molecular complexity index is 352. The molecule has 0 atom stereocenters. The van der Waals surface area contributed by atoms with Gasteiger partial charge in [0, 0.05) is 0 Å². The van der Waals surface area contributed by atoms with E-state index in [2.05, 4.69) is 26.2 Å². The highest BCUT2D eigenvalue weighted by Gasteiger charge is 2.08. The van der Waals surface area contributed by atoms with Gasteiger partial charge in [0.05, 0.1) is 8.66 Å². The Hall–Kier alpha value is -0.920. The second-order valence-electron chi connectivity index (χ2n) is 2.29. The first-order chi connectivity index (χ1) is 6.59. The SMILES string of the molecule is NC(=O)CONC(=O)c1ccc(Br)s1. The fraction of sp³-hybridized carbons (Fsp3) is 0.143. The molecule has 0 saturated heterocycles. The van der Waals surface area contributed by atoms with Crippen molar-refractivity contribution in [2.45, 2.75) is 0 Å². The Balaban J connectivity index is 2.39. The van der Waals surface area contributed by atoms with Crippen LogP contribution in [0.5, 0.6) is 0 Å². The summed E-state index contributed by atoms with van der Waals surface area (Å²) in [7, 11) is 0. The van der Waals surface area contributed by atoms with E-state index in [1.54, 1.807) is 12.1 Å². The number of hydrogen-bond donors (Lipinski definition) is 2. The number of hydrogen-bond acceptors (Lipinski definition) is 4. The number of amides is 2. The summed E-state index contributed by atoms with van der Waals surface area (Å²) in [5.41, 5.74) is 6.89. The van der Waals surface area contributed by atoms with E-state index in [1.165, 1.54) is 11.3 Å². The largest absolute Gasteiger partial charge is 0.368 e. The second kappa shape index (κ2) is 5.08. The highest BCUT2D eigenvalue weighted by molar-refractivity contribution is 9.11. The summed E-state index contributed by atoms with van der Waals surface area (Å²) in [5.74, 6) is -1.04. The molecule has 0 spiro atoms. The summed E-state index contributed by atoms with van der Waals surface area (Å²) in [5, 5.41) is 0. The van der Waals surface area contributed by atoms with Crippen molar-refractivity contribution in [2.24, 2.45) is 5.73 Å². The molecule has 1 heterocycles. The monoisotopic (exact) mass is 278 g/mol. The number of rotatable bonds is 4. The Morgan fingerprint density at radius 2 is 2.29 bits per heavy atom. The number of halogens is 1. The van der Waals surface area contributed by atoms with Crippen LogP contribution in [0, 0.1) is 0 Å². The lowest BCUT2D eigenvalue weighted by Crippen LogP contribution is -2.28. The summed E-state index contributed by atoms with van der Waals surface area (Å²) in [6.45, 7) is -0.335. The first-order valence-electron chi connectivity index (χ1n) is 3.55. The second-order valence-corrected chi connectivity index (χ2v) is 4.75. The Labute approximate surface area is 92.3 Å². The number of carbonyl (C=O) groups is 2. The van der Waals surface area contributed by atoms with Crippen LogP contribution in [-0.4, -0.2) is 18.4 Å². The van der Waals surface area contributed by atoms with E-state index in [1.807, 2.05) is 0 Å². The van der Waals surface area contributed by atoms with Crippen molar-refractivity contribution >= 4 is 39.1 Å². The fourth-order valence-electron chi connectivity index (χ4n) is 0.659. The Morgan fingerprint density at radius 3 is 2.79 bits per heavy atom. The first kappa shape index (κ1) is 11.2. The van der Waals surface area contributed by atoms with E-state index in [4.69, 9.17) is 5.73 Å². The topological polar surface area (TPSA) is 81.4 Å². The van der Waals surface area contributed by atoms with Gasteiger partial charge in [0.15, 0.2) is 6.61 Å². The van der Waals surface area contributed by atoms with Gasteiger partial charge in [0.1, 0.15) is 0 Å². The van der Waals surface area contributed by atoms with Gasteiger partial charge in [0.25, 0.3) is 5.91 Å². The molecule has 0 aliphatic rings. The van der Waals surface area contributed by atoms with E-state index in [-0.39, 0.29) is 6.61 Å². The zero-order valence-corrected chi connectivity index (χ0v) is 9.35. The van der Waals surface area contributed by atoms with Crippen LogP contribution in [-0.2, 0) is 9.63 Å². The molecule has 0 aliphatic carbocycles. The van der Waals surface area contributed by atoms with Crippen LogP contribution in [0.25, 0.3) is 0 Å². The summed E-state index contributed by atoms with van der Waals surface area (Å²) in [6, 6.07) is 3.38. The molecule has 2 amide bonds. The molecule has 76 valence electrons. The number of thiophene rings is 1. The number of nitrogens with one attached hydrogen (secondary N) is 1. The summed E-state index contributed by atoms with van der Waals surface area (Å²) < 4.78 is 0.845. The maximum absolute atomic E-state index is 11.2. The molecule has 0 unspecified atom stereocenters. The van der Waals surface area contributed by atoms with Crippen molar-refractivity contribution < 1.29 is 14.4 Å². The Kier molecular flexibility index (Phi) is 4.05. The van der Waals surface area contributed by atoms with E-state index in [0.717, 1.165) is 3.79 Å². The molecule has 1 aromatic rings. The standard InChI is InChI=1S/C7H7BrN2O3S/c8-5-2-1-4(14-5)7(12)10-13-3-6(9)11/h1-2H,3H2,(H2,9,11)(H,10,12). The van der Waals surface area contributed by atoms with Crippen LogP contribution in [0.2, 0.25) is 0 Å². The van der Waals surface area contributed by atoms with Crippen molar-refractivity contribution in [3.8, 4) is 0 Å². The van der Waals surface area contributed by atoms with Gasteiger partial charge in [-0.25, -0.2) is 5.48 Å². The third kappa shape index (κ3) is 3.44. The number of nitrogens with two attached hydrogens (primary N) is 1. The predicted molar refractivity (Wildman–Crippen MR) is 54.6 cm³/mol. The third-order valence-electron chi connectivity index (χ3n) is 1.18. The smallest absolute Gasteiger partial charge is 0.284 e. The molecule has 0 radical (unpaired) electrons. The van der Waals surface area contributed by atoms with Gasteiger partial charge >= 0.3 is 0 Å². The van der Waals surface area contributed by atoms with E-state index in [9.17, 15) is 9.59 Å². The Morgan fingerprint density at radius 1 is 1.57 bits per heavy atom. The van der Waals surface area contributed by atoms with E-state index in [0.29, 0.717) is 4.88 Å². The zero-order valence-electron chi connectivity index (χ0n) is 6.95. The highest BCUT2D eigenvalue weighted by Crippen LogP contribution is 2.21. The minimum absolute atomic E-state index is 0.335. The van der Waals surface area contributed by atoms with Crippen molar-refractivity contribution in [1.82, 2.24) is 5.48 Å². The molecule has 0 bridgehead atoms. The van der Waals surface area contributed by atoms with E-state index >= 15 is 0 Å². The molecule has 7 heteroatoms. The molecular weight excluding hydrogens is 272 g/mol. The zero-order chi connectivity index (χ0) is 10.6. The van der Waals surface area contributed by atoms with Gasteiger partial charge < -0.3 is 5.73 Å². The fourth-order valence-corrected chi connectivity index (χ4v) is 1.93. The third-order valence-corrected chi connectivity index (χ3v) is 2.80. The summed E-state index contributed by atoms with van der Waals surface area (Å²) in [6.07, 6.45) is 0. The molecule has 1 rings (SSSR count). The molecule has 0 aliphatic heterocycles. The van der Waals surface area contributed by atoms with Crippen molar-refractivity contribution in [2.75, 3.05) is 6.61 Å². The van der Waals surface area contributed by atoms with Gasteiger partial charge in [-0.05, 0) is 28.1 Å². The van der Waals surface area contributed by atoms with Gasteiger partial charge in [-0.3, -0.25) is 14.4 Å². The van der Waals surface area contributed by atoms with Crippen LogP contribution < -0.4 is 11.2 Å². The molecule has 0 fully saturated rings. The number of carbonyl (C=O) groups excluding carboxylic acids is 2. The lowest BCUT2D eigenvalue weighted by Gasteiger charge is -2.00. The molecule has 14 heavy (non-hydrogen) atoms. The lowest BCUT2D eigenvalue weighted by molar-refractivity contribution is -0.124. The molecule has 1 aromatic heterocycles. The maximum atomic E-state index is 11.2. The lowest BCUT2D eigenvalue weighted by atomic mass is 10.5. The summed E-state index contributed by atoms with van der Waals surface area (Å²) >= 11 is 4.48. The normalized spacial score (nSPS) is 9.79. The van der Waals surface area contributed by atoms with Crippen molar-refractivity contribution in [3.63, 3.8) is 0 Å². The average molecular weight is 279 g/mol. The van der Waals surface area contributed by atoms with Crippen LogP contribution >= 0.6 is 27.3 Å². The van der Waals surface area contributed by atoms with Crippen molar-refractivity contribution in [1.29, 1.82) is 0 Å². The average Bonchev–Trinajstić information content (AvgIpc) is 2.51. The summed E-state index contributed by atoms with van der Waals surface area (Å²) in [4.78, 5) is 26.5. The van der Waals surface area contributed by atoms with Gasteiger partial charge in [-0.1, -0.05) is 0 Å². The van der Waals surface area contributed by atoms with Crippen molar-refractivity contribution in [3.05, 3.63) is 20.8 Å². The molecule has 3 N–H and O–H groups in total. The minimum atomic E-state index is -0.641. The van der Waals surface area contributed by atoms with Crippen LogP contribution in [0.1, 0.15) is 9.67 Å². The van der Waals surface area contributed by atoms with E-state index < -0.39 is 11.8 Å². The minimum Gasteiger partial charge on any atom is -0.368 e. The van der Waals surface area contributed by atoms with Crippen LogP contribution in [0.15, 0.2) is 15.9 Å². The molecule has 0 aromatic carbocycles. The van der Waals surface area contributed by atoms with Crippen LogP contribution in [0.4, 0.5) is 0 Å². The number of hydroxylamine groups is 1. The maximum Gasteiger partial charge on any atom is 0.284 e. The molecule has 0 saturated carbocycles. The predicted octanol–water partition coefficient (Wildman–Crippen LogP) is 0.657. The quantitative estimate of drug-likeness (QED) is 0.794. The highest BCUT2D eigenvalue weighted by atomic mass is 79.9.